The molecule has 2 N–H and O–H groups in total. The molecule has 5 heteroatoms. The number of hydrogen-bond donors (Lipinski definition) is 2. The smallest absolute Gasteiger partial charge is 0.328 e. The summed E-state index contributed by atoms with van der Waals surface area (Å²) in [6.45, 7) is 2.52. The van der Waals surface area contributed by atoms with E-state index in [4.69, 9.17) is 9.84 Å². The van der Waals surface area contributed by atoms with Gasteiger partial charge in [0.2, 0.25) is 0 Å². The number of carboxylic acids is 1. The maximum Gasteiger partial charge on any atom is 0.328 e. The highest BCUT2D eigenvalue weighted by molar-refractivity contribution is 5.85. The van der Waals surface area contributed by atoms with Gasteiger partial charge >= 0.3 is 5.97 Å². The zero-order valence-corrected chi connectivity index (χ0v) is 11.6. The second-order valence-electron chi connectivity index (χ2n) is 4.20. The van der Waals surface area contributed by atoms with E-state index in [0.29, 0.717) is 12.4 Å². The average Bonchev–Trinajstić information content (AvgIpc) is 2.49. The van der Waals surface area contributed by atoms with Crippen LogP contribution in [0.2, 0.25) is 0 Å². The van der Waals surface area contributed by atoms with E-state index in [1.165, 1.54) is 6.08 Å². The topological polar surface area (TPSA) is 71.5 Å². The molecule has 21 heavy (non-hydrogen) atoms. The summed E-state index contributed by atoms with van der Waals surface area (Å²) < 4.78 is 5.53. The van der Waals surface area contributed by atoms with Gasteiger partial charge < -0.3 is 15.2 Å². The number of para-hydroxylation sites is 2. The van der Waals surface area contributed by atoms with Crippen molar-refractivity contribution in [3.63, 3.8) is 0 Å². The minimum absolute atomic E-state index is 0.588. The van der Waals surface area contributed by atoms with Crippen molar-refractivity contribution in [2.24, 2.45) is 0 Å². The maximum absolute atomic E-state index is 10.4. The number of hydrogen-bond acceptors (Lipinski definition) is 4. The summed E-state index contributed by atoms with van der Waals surface area (Å²) in [4.78, 5) is 14.7. The standard InChI is InChI=1S/C16H16N2O3/c1-2-21-14-6-4-3-5-13(14)18-15-9-7-12(11-17-15)8-10-16(19)20/h3-11H,2H2,1H3,(H,17,18)(H,19,20)/b10-8+. The minimum Gasteiger partial charge on any atom is -0.492 e. The van der Waals surface area contributed by atoms with Crippen LogP contribution in [0.4, 0.5) is 11.5 Å². The van der Waals surface area contributed by atoms with E-state index < -0.39 is 5.97 Å². The quantitative estimate of drug-likeness (QED) is 0.796. The summed E-state index contributed by atoms with van der Waals surface area (Å²) >= 11 is 0. The normalized spacial score (nSPS) is 10.5. The summed E-state index contributed by atoms with van der Waals surface area (Å²) in [6.07, 6.45) is 4.17. The number of rotatable bonds is 6. The van der Waals surface area contributed by atoms with Crippen molar-refractivity contribution in [1.29, 1.82) is 0 Å². The zero-order valence-electron chi connectivity index (χ0n) is 11.6. The van der Waals surface area contributed by atoms with Gasteiger partial charge in [0.1, 0.15) is 11.6 Å². The van der Waals surface area contributed by atoms with Crippen molar-refractivity contribution in [2.75, 3.05) is 11.9 Å². The molecule has 0 radical (unpaired) electrons. The molecule has 1 heterocycles. The summed E-state index contributed by atoms with van der Waals surface area (Å²) in [5, 5.41) is 11.7. The van der Waals surface area contributed by atoms with Gasteiger partial charge in [-0.2, -0.15) is 0 Å². The number of carboxylic acid groups (broad SMARTS) is 1. The third-order valence-corrected chi connectivity index (χ3v) is 2.65. The summed E-state index contributed by atoms with van der Waals surface area (Å²) in [7, 11) is 0. The second kappa shape index (κ2) is 7.09. The molecule has 5 nitrogen and oxygen atoms in total. The van der Waals surface area contributed by atoms with E-state index in [2.05, 4.69) is 10.3 Å². The summed E-state index contributed by atoms with van der Waals surface area (Å²) in [5.74, 6) is 0.439. The Hall–Kier alpha value is -2.82. The Morgan fingerprint density at radius 2 is 2.14 bits per heavy atom. The fourth-order valence-electron chi connectivity index (χ4n) is 1.73. The van der Waals surface area contributed by atoms with Crippen molar-refractivity contribution in [1.82, 2.24) is 4.98 Å². The molecule has 108 valence electrons. The lowest BCUT2D eigenvalue weighted by molar-refractivity contribution is -0.131. The fraction of sp³-hybridized carbons (Fsp3) is 0.125. The fourth-order valence-corrected chi connectivity index (χ4v) is 1.73. The number of nitrogens with one attached hydrogen (secondary N) is 1. The number of anilines is 2. The Morgan fingerprint density at radius 1 is 1.33 bits per heavy atom. The van der Waals surface area contributed by atoms with Crippen molar-refractivity contribution >= 4 is 23.6 Å². The Bertz CT molecular complexity index is 636. The Kier molecular flexibility index (Phi) is 4.93. The van der Waals surface area contributed by atoms with Crippen molar-refractivity contribution in [2.45, 2.75) is 6.92 Å². The third kappa shape index (κ3) is 4.35. The van der Waals surface area contributed by atoms with E-state index in [-0.39, 0.29) is 0 Å². The molecule has 0 fully saturated rings. The molecule has 0 spiro atoms. The molecule has 0 aliphatic rings. The molecule has 0 amide bonds. The van der Waals surface area contributed by atoms with Gasteiger partial charge in [-0.05, 0) is 42.8 Å². The van der Waals surface area contributed by atoms with Gasteiger partial charge in [0.05, 0.1) is 12.3 Å². The van der Waals surface area contributed by atoms with Gasteiger partial charge in [0.15, 0.2) is 0 Å². The molecule has 0 atom stereocenters. The van der Waals surface area contributed by atoms with E-state index in [1.54, 1.807) is 18.3 Å². The lowest BCUT2D eigenvalue weighted by Gasteiger charge is -2.11. The van der Waals surface area contributed by atoms with Crippen LogP contribution in [0.1, 0.15) is 12.5 Å². The van der Waals surface area contributed by atoms with Crippen LogP contribution >= 0.6 is 0 Å². The van der Waals surface area contributed by atoms with Crippen LogP contribution in [0, 0.1) is 0 Å². The zero-order chi connectivity index (χ0) is 15.1. The second-order valence-corrected chi connectivity index (χ2v) is 4.20. The van der Waals surface area contributed by atoms with Gasteiger partial charge in [0.25, 0.3) is 0 Å². The highest BCUT2D eigenvalue weighted by Gasteiger charge is 2.03. The van der Waals surface area contributed by atoms with Crippen LogP contribution in [0.5, 0.6) is 5.75 Å². The molecule has 0 aliphatic carbocycles. The van der Waals surface area contributed by atoms with Crippen LogP contribution in [-0.4, -0.2) is 22.7 Å². The lowest BCUT2D eigenvalue weighted by Crippen LogP contribution is -1.98. The molecule has 2 aromatic rings. The van der Waals surface area contributed by atoms with Gasteiger partial charge in [-0.1, -0.05) is 12.1 Å². The first-order valence-electron chi connectivity index (χ1n) is 6.55. The molecule has 0 saturated heterocycles. The van der Waals surface area contributed by atoms with Crippen LogP contribution < -0.4 is 10.1 Å². The molecule has 1 aromatic heterocycles. The Balaban J connectivity index is 2.12. The first kappa shape index (κ1) is 14.6. The SMILES string of the molecule is CCOc1ccccc1Nc1ccc(/C=C/C(=O)O)cn1. The Morgan fingerprint density at radius 3 is 2.81 bits per heavy atom. The average molecular weight is 284 g/mol. The van der Waals surface area contributed by atoms with Crippen molar-refractivity contribution in [3.05, 3.63) is 54.2 Å². The number of ether oxygens (including phenoxy) is 1. The molecular formula is C16H16N2O3. The van der Waals surface area contributed by atoms with Gasteiger partial charge in [-0.15, -0.1) is 0 Å². The van der Waals surface area contributed by atoms with E-state index in [9.17, 15) is 4.79 Å². The van der Waals surface area contributed by atoms with Crippen LogP contribution in [-0.2, 0) is 4.79 Å². The number of carbonyl (C=O) groups is 1. The molecular weight excluding hydrogens is 268 g/mol. The van der Waals surface area contributed by atoms with Gasteiger partial charge in [0, 0.05) is 12.3 Å². The Labute approximate surface area is 122 Å². The van der Waals surface area contributed by atoms with Crippen LogP contribution in [0.15, 0.2) is 48.7 Å². The highest BCUT2D eigenvalue weighted by atomic mass is 16.5. The van der Waals surface area contributed by atoms with Crippen molar-refractivity contribution in [3.8, 4) is 5.75 Å². The van der Waals surface area contributed by atoms with Crippen molar-refractivity contribution < 1.29 is 14.6 Å². The molecule has 2 rings (SSSR count). The molecule has 0 bridgehead atoms. The number of nitrogens with zero attached hydrogens (tertiary/aromatic N) is 1. The predicted molar refractivity (Wildman–Crippen MR) is 81.8 cm³/mol. The number of benzene rings is 1. The van der Waals surface area contributed by atoms with E-state index in [1.807, 2.05) is 31.2 Å². The molecule has 0 saturated carbocycles. The number of aromatic nitrogens is 1. The summed E-state index contributed by atoms with van der Waals surface area (Å²) in [6, 6.07) is 11.2. The highest BCUT2D eigenvalue weighted by Crippen LogP contribution is 2.26. The lowest BCUT2D eigenvalue weighted by atomic mass is 10.2. The predicted octanol–water partition coefficient (Wildman–Crippen LogP) is 3.32. The van der Waals surface area contributed by atoms with Gasteiger partial charge in [-0.3, -0.25) is 0 Å². The van der Waals surface area contributed by atoms with E-state index >= 15 is 0 Å². The minimum atomic E-state index is -0.983. The maximum atomic E-state index is 10.4. The van der Waals surface area contributed by atoms with Crippen LogP contribution in [0.25, 0.3) is 6.08 Å². The number of pyridine rings is 1. The van der Waals surface area contributed by atoms with Gasteiger partial charge in [-0.25, -0.2) is 9.78 Å². The molecule has 0 unspecified atom stereocenters. The summed E-state index contributed by atoms with van der Waals surface area (Å²) in [5.41, 5.74) is 1.56. The number of aliphatic carboxylic acids is 1. The monoisotopic (exact) mass is 284 g/mol. The van der Waals surface area contributed by atoms with E-state index in [0.717, 1.165) is 23.1 Å². The first-order chi connectivity index (χ1) is 10.2. The van der Waals surface area contributed by atoms with Crippen LogP contribution in [0.3, 0.4) is 0 Å². The molecule has 0 aliphatic heterocycles. The first-order valence-corrected chi connectivity index (χ1v) is 6.55. The molecule has 1 aromatic carbocycles. The largest absolute Gasteiger partial charge is 0.492 e. The third-order valence-electron chi connectivity index (χ3n) is 2.65.